The molecule has 0 aliphatic carbocycles. The quantitative estimate of drug-likeness (QED) is 0.734. The van der Waals surface area contributed by atoms with Gasteiger partial charge in [0.25, 0.3) is 5.91 Å². The lowest BCUT2D eigenvalue weighted by Crippen LogP contribution is -2.34. The minimum Gasteiger partial charge on any atom is -0.495 e. The molecule has 1 fully saturated rings. The fourth-order valence-electron chi connectivity index (χ4n) is 3.51. The molecule has 3 rings (SSSR count). The highest BCUT2D eigenvalue weighted by Crippen LogP contribution is 2.33. The molecule has 2 aromatic rings. The number of halogens is 1. The number of carbonyl (C=O) groups excluding carboxylic acids is 1. The Balaban J connectivity index is 1.99. The van der Waals surface area contributed by atoms with Gasteiger partial charge in [0.15, 0.2) is 6.17 Å². The number of methoxy groups -OCH3 is 2. The molecule has 30 heavy (non-hydrogen) atoms. The molecule has 0 radical (unpaired) electrons. The van der Waals surface area contributed by atoms with Crippen LogP contribution in [-0.4, -0.2) is 50.5 Å². The Morgan fingerprint density at radius 2 is 2.07 bits per heavy atom. The fraction of sp³-hybridized carbons (Fsp3) is 0.409. The van der Waals surface area contributed by atoms with Gasteiger partial charge in [-0.25, -0.2) is 9.37 Å². The second kappa shape index (κ2) is 9.43. The maximum atomic E-state index is 14.0. The smallest absolute Gasteiger partial charge is 0.255 e. The summed E-state index contributed by atoms with van der Waals surface area (Å²) in [5.74, 6) is 5.45. The van der Waals surface area contributed by atoms with Crippen LogP contribution in [0, 0.1) is 29.1 Å². The normalized spacial score (nSPS) is 20.2. The van der Waals surface area contributed by atoms with Crippen LogP contribution in [0.5, 0.6) is 11.6 Å². The SMILES string of the molecule is CC[C@@H]1[C@H](F)C(=O)N[C@@H]1COc1ncc(C#CCOC)c2cc(C#N)c(OC)cc12. The van der Waals surface area contributed by atoms with Crippen molar-refractivity contribution >= 4 is 16.7 Å². The van der Waals surface area contributed by atoms with Crippen LogP contribution < -0.4 is 14.8 Å². The van der Waals surface area contributed by atoms with Crippen molar-refractivity contribution in [3.8, 4) is 29.5 Å². The van der Waals surface area contributed by atoms with Crippen molar-refractivity contribution in [1.82, 2.24) is 10.3 Å². The highest BCUT2D eigenvalue weighted by molar-refractivity contribution is 5.94. The summed E-state index contributed by atoms with van der Waals surface area (Å²) in [6, 6.07) is 4.99. The Bertz CT molecular complexity index is 1050. The predicted molar refractivity (Wildman–Crippen MR) is 108 cm³/mol. The molecule has 2 heterocycles. The lowest BCUT2D eigenvalue weighted by Gasteiger charge is -2.19. The molecule has 3 atom stereocenters. The van der Waals surface area contributed by atoms with Gasteiger partial charge in [0.05, 0.1) is 24.3 Å². The highest BCUT2D eigenvalue weighted by Gasteiger charge is 2.41. The van der Waals surface area contributed by atoms with Gasteiger partial charge in [-0.1, -0.05) is 18.8 Å². The van der Waals surface area contributed by atoms with Crippen molar-refractivity contribution in [2.75, 3.05) is 27.4 Å². The summed E-state index contributed by atoms with van der Waals surface area (Å²) in [4.78, 5) is 16.0. The van der Waals surface area contributed by atoms with Crippen LogP contribution in [0.25, 0.3) is 10.8 Å². The van der Waals surface area contributed by atoms with E-state index in [9.17, 15) is 14.4 Å². The maximum Gasteiger partial charge on any atom is 0.255 e. The number of fused-ring (bicyclic) bond motifs is 1. The van der Waals surface area contributed by atoms with Crippen molar-refractivity contribution in [3.63, 3.8) is 0 Å². The Hall–Kier alpha value is -3.36. The summed E-state index contributed by atoms with van der Waals surface area (Å²) in [5.41, 5.74) is 0.962. The average Bonchev–Trinajstić information content (AvgIpc) is 3.04. The zero-order valence-corrected chi connectivity index (χ0v) is 17.0. The number of benzene rings is 1. The lowest BCUT2D eigenvalue weighted by atomic mass is 9.97. The third kappa shape index (κ3) is 4.14. The lowest BCUT2D eigenvalue weighted by molar-refractivity contribution is -0.123. The van der Waals surface area contributed by atoms with Crippen LogP contribution in [0.2, 0.25) is 0 Å². The number of nitrogens with zero attached hydrogens (tertiary/aromatic N) is 2. The molecular weight excluding hydrogens is 389 g/mol. The van der Waals surface area contributed by atoms with Crippen LogP contribution in [0.3, 0.4) is 0 Å². The molecule has 1 aromatic carbocycles. The number of pyridine rings is 1. The molecule has 0 bridgehead atoms. The van der Waals surface area contributed by atoms with Gasteiger partial charge in [-0.2, -0.15) is 5.26 Å². The number of carbonyl (C=O) groups is 1. The molecule has 1 amide bonds. The van der Waals surface area contributed by atoms with Crippen molar-refractivity contribution < 1.29 is 23.4 Å². The second-order valence-corrected chi connectivity index (χ2v) is 6.82. The Morgan fingerprint density at radius 3 is 2.73 bits per heavy atom. The van der Waals surface area contributed by atoms with Gasteiger partial charge >= 0.3 is 0 Å². The van der Waals surface area contributed by atoms with Crippen LogP contribution in [0.15, 0.2) is 18.3 Å². The van der Waals surface area contributed by atoms with Crippen molar-refractivity contribution in [2.45, 2.75) is 25.6 Å². The van der Waals surface area contributed by atoms with E-state index in [2.05, 4.69) is 28.2 Å². The monoisotopic (exact) mass is 411 g/mol. The number of ether oxygens (including phenoxy) is 3. The molecule has 0 unspecified atom stereocenters. The number of aromatic nitrogens is 1. The largest absolute Gasteiger partial charge is 0.495 e. The zero-order valence-electron chi connectivity index (χ0n) is 17.0. The molecule has 1 aliphatic heterocycles. The van der Waals surface area contributed by atoms with E-state index >= 15 is 0 Å². The summed E-state index contributed by atoms with van der Waals surface area (Å²) in [6.07, 6.45) is 0.524. The van der Waals surface area contributed by atoms with Crippen LogP contribution in [0.1, 0.15) is 24.5 Å². The van der Waals surface area contributed by atoms with Crippen LogP contribution >= 0.6 is 0 Å². The molecule has 0 spiro atoms. The molecule has 1 N–H and O–H groups in total. The van der Waals surface area contributed by atoms with Crippen molar-refractivity contribution in [3.05, 3.63) is 29.5 Å². The second-order valence-electron chi connectivity index (χ2n) is 6.82. The molecule has 1 saturated heterocycles. The maximum absolute atomic E-state index is 14.0. The van der Waals surface area contributed by atoms with Gasteiger partial charge in [-0.3, -0.25) is 4.79 Å². The summed E-state index contributed by atoms with van der Waals surface area (Å²) in [6.45, 7) is 2.16. The predicted octanol–water partition coefficient (Wildman–Crippen LogP) is 2.35. The number of alkyl halides is 1. The van der Waals surface area contributed by atoms with Crippen LogP contribution in [-0.2, 0) is 9.53 Å². The zero-order chi connectivity index (χ0) is 21.7. The first-order chi connectivity index (χ1) is 14.5. The van der Waals surface area contributed by atoms with E-state index in [0.717, 1.165) is 0 Å². The first-order valence-corrected chi connectivity index (χ1v) is 9.49. The van der Waals surface area contributed by atoms with Gasteiger partial charge in [0, 0.05) is 30.0 Å². The Labute approximate surface area is 174 Å². The molecule has 7 nitrogen and oxygen atoms in total. The Morgan fingerprint density at radius 1 is 1.27 bits per heavy atom. The third-order valence-corrected chi connectivity index (χ3v) is 5.07. The minimum atomic E-state index is -1.54. The number of rotatable bonds is 6. The standard InChI is InChI=1S/C22H22FN3O4/c1-4-15-18(26-21(27)20(15)23)12-30-22-17-9-19(29-3)14(10-24)8-16(17)13(11-25-22)6-5-7-28-2/h8-9,11,15,18,20H,4,7,12H2,1-3H3,(H,26,27)/t15-,18+,20-/m0/s1. The van der Waals surface area contributed by atoms with Gasteiger partial charge in [-0.05, 0) is 18.6 Å². The van der Waals surface area contributed by atoms with Crippen molar-refractivity contribution in [2.24, 2.45) is 5.92 Å². The summed E-state index contributed by atoms with van der Waals surface area (Å²) < 4.78 is 30.2. The van der Waals surface area contributed by atoms with E-state index in [-0.39, 0.29) is 19.1 Å². The van der Waals surface area contributed by atoms with Gasteiger partial charge in [0.1, 0.15) is 25.0 Å². The van der Waals surface area contributed by atoms with Crippen LogP contribution in [0.4, 0.5) is 4.39 Å². The summed E-state index contributed by atoms with van der Waals surface area (Å²) in [7, 11) is 3.02. The van der Waals surface area contributed by atoms with E-state index in [1.165, 1.54) is 7.11 Å². The molecule has 8 heteroatoms. The topological polar surface area (TPSA) is 93.5 Å². The molecular formula is C22H22FN3O4. The summed E-state index contributed by atoms with van der Waals surface area (Å²) in [5, 5.41) is 13.3. The Kier molecular flexibility index (Phi) is 6.71. The number of amides is 1. The molecule has 156 valence electrons. The van der Waals surface area contributed by atoms with E-state index in [0.29, 0.717) is 34.1 Å². The molecule has 1 aliphatic rings. The minimum absolute atomic E-state index is 0.0732. The molecule has 1 aromatic heterocycles. The number of hydrogen-bond donors (Lipinski definition) is 1. The fourth-order valence-corrected chi connectivity index (χ4v) is 3.51. The van der Waals surface area contributed by atoms with Crippen molar-refractivity contribution in [1.29, 1.82) is 5.26 Å². The molecule has 0 saturated carbocycles. The van der Waals surface area contributed by atoms with Gasteiger partial charge in [-0.15, -0.1) is 0 Å². The first-order valence-electron chi connectivity index (χ1n) is 9.49. The first kappa shape index (κ1) is 21.4. The third-order valence-electron chi connectivity index (χ3n) is 5.07. The number of hydrogen-bond acceptors (Lipinski definition) is 6. The van der Waals surface area contributed by atoms with E-state index in [1.807, 2.05) is 6.92 Å². The van der Waals surface area contributed by atoms with E-state index < -0.39 is 24.0 Å². The average molecular weight is 411 g/mol. The van der Waals surface area contributed by atoms with E-state index in [1.54, 1.807) is 25.4 Å². The summed E-state index contributed by atoms with van der Waals surface area (Å²) >= 11 is 0. The highest BCUT2D eigenvalue weighted by atomic mass is 19.1. The number of nitrogens with one attached hydrogen (secondary N) is 1. The van der Waals surface area contributed by atoms with Gasteiger partial charge < -0.3 is 19.5 Å². The number of nitriles is 1. The van der Waals surface area contributed by atoms with E-state index in [4.69, 9.17) is 14.2 Å². The van der Waals surface area contributed by atoms with Gasteiger partial charge in [0.2, 0.25) is 5.88 Å².